The predicted molar refractivity (Wildman–Crippen MR) is 223 cm³/mol. The summed E-state index contributed by atoms with van der Waals surface area (Å²) in [7, 11) is 0. The van der Waals surface area contributed by atoms with Gasteiger partial charge in [-0.2, -0.15) is 0 Å². The summed E-state index contributed by atoms with van der Waals surface area (Å²) in [5.74, 6) is -2.35. The summed E-state index contributed by atoms with van der Waals surface area (Å²) in [5.41, 5.74) is 6.72. The summed E-state index contributed by atoms with van der Waals surface area (Å²) >= 11 is 0. The van der Waals surface area contributed by atoms with Crippen molar-refractivity contribution in [2.45, 2.75) is 104 Å². The molecule has 19 nitrogen and oxygen atoms in total. The van der Waals surface area contributed by atoms with Crippen LogP contribution in [-0.4, -0.2) is 91.4 Å². The van der Waals surface area contributed by atoms with E-state index in [-0.39, 0.29) is 70.1 Å². The van der Waals surface area contributed by atoms with Crippen molar-refractivity contribution in [3.8, 4) is 0 Å². The number of aromatic nitrogens is 3. The van der Waals surface area contributed by atoms with Gasteiger partial charge in [-0.1, -0.05) is 44.2 Å². The zero-order chi connectivity index (χ0) is 44.0. The Balaban J connectivity index is 1.43. The number of nitrogens with zero attached hydrogens (tertiary/aromatic N) is 3. The van der Waals surface area contributed by atoms with E-state index in [4.69, 9.17) is 25.3 Å². The maximum Gasteiger partial charge on any atom is 0.413 e. The third-order valence-electron chi connectivity index (χ3n) is 9.12. The van der Waals surface area contributed by atoms with Crippen molar-refractivity contribution < 1.29 is 48.5 Å². The highest BCUT2D eigenvalue weighted by Crippen LogP contribution is 2.32. The quantitative estimate of drug-likeness (QED) is 0.0524. The van der Waals surface area contributed by atoms with Gasteiger partial charge in [-0.15, -0.1) is 0 Å². The zero-order valence-electron chi connectivity index (χ0n) is 34.5. The second-order valence-corrected chi connectivity index (χ2v) is 15.2. The fourth-order valence-electron chi connectivity index (χ4n) is 6.25. The molecule has 0 radical (unpaired) electrons. The summed E-state index contributed by atoms with van der Waals surface area (Å²) in [6, 6.07) is 11.1. The monoisotopic (exact) mass is 833 g/mol. The van der Waals surface area contributed by atoms with E-state index in [1.165, 1.54) is 0 Å². The number of primary amides is 1. The van der Waals surface area contributed by atoms with E-state index in [2.05, 4.69) is 31.6 Å². The summed E-state index contributed by atoms with van der Waals surface area (Å²) in [5, 5.41) is 33.7. The summed E-state index contributed by atoms with van der Waals surface area (Å²) in [6.45, 7) is 9.55. The van der Waals surface area contributed by atoms with Crippen LogP contribution >= 0.6 is 0 Å². The molecule has 0 aliphatic rings. The van der Waals surface area contributed by atoms with Crippen LogP contribution in [0.5, 0.6) is 0 Å². The van der Waals surface area contributed by atoms with E-state index >= 15 is 0 Å². The lowest BCUT2D eigenvalue weighted by Crippen LogP contribution is -2.54. The number of imidazole rings is 1. The Labute approximate surface area is 347 Å². The third kappa shape index (κ3) is 13.9. The first-order chi connectivity index (χ1) is 28.4. The molecule has 0 aliphatic heterocycles. The minimum absolute atomic E-state index is 0.0877. The number of hydrogen-bond donors (Lipinski definition) is 8. The Morgan fingerprint density at radius 2 is 1.62 bits per heavy atom. The minimum atomic E-state index is -1.09. The van der Waals surface area contributed by atoms with Crippen LogP contribution in [0.15, 0.2) is 48.5 Å². The first-order valence-corrected chi connectivity index (χ1v) is 19.7. The van der Waals surface area contributed by atoms with E-state index in [0.29, 0.717) is 40.2 Å². The highest BCUT2D eigenvalue weighted by atomic mass is 16.5. The number of urea groups is 1. The normalized spacial score (nSPS) is 12.4. The minimum Gasteiger partial charge on any atom is -0.481 e. The number of nitrogens with one attached hydrogen (secondary N) is 5. The standard InChI is InChI=1S/C41H55N9O10/c1-6-59-22-30-47-34-35(50(30)23-41(4,5)58)27-11-7-8-12-28(27)45-36(34)49-40(57)60-21-25-16-18-26(19-17-25)44-37(54)29(13-10-20-43-39(42)56)46-38(55)33(24(2)3)48-31(51)14-9-15-32(52)53/h7-8,11-12,16-19,24,29,33,58H,6,9-10,13-15,20-23H2,1-5H3,(H,44,54)(H,46,55)(H,48,51)(H,52,53)(H3,42,43,56)(H,45,49,57)/t29-,33-/m0/s1. The molecule has 9 N–H and O–H groups in total. The van der Waals surface area contributed by atoms with Crippen molar-refractivity contribution in [2.75, 3.05) is 23.8 Å². The van der Waals surface area contributed by atoms with Crippen molar-refractivity contribution in [1.82, 2.24) is 30.5 Å². The Morgan fingerprint density at radius 1 is 0.900 bits per heavy atom. The topological polar surface area (TPSA) is 278 Å². The van der Waals surface area contributed by atoms with Crippen molar-refractivity contribution >= 4 is 69.3 Å². The Bertz CT molecular complexity index is 2150. The van der Waals surface area contributed by atoms with Gasteiger partial charge in [0.25, 0.3) is 0 Å². The molecule has 4 rings (SSSR count). The van der Waals surface area contributed by atoms with Crippen LogP contribution in [0.3, 0.4) is 0 Å². The number of fused-ring (bicyclic) bond motifs is 3. The fraction of sp³-hybridized carbons (Fsp3) is 0.463. The van der Waals surface area contributed by atoms with E-state index < -0.39 is 53.5 Å². The number of pyridine rings is 1. The van der Waals surface area contributed by atoms with Gasteiger partial charge in [0, 0.05) is 37.1 Å². The van der Waals surface area contributed by atoms with Crippen molar-refractivity contribution in [1.29, 1.82) is 0 Å². The van der Waals surface area contributed by atoms with Crippen LogP contribution in [0, 0.1) is 5.92 Å². The van der Waals surface area contributed by atoms with Gasteiger partial charge in [-0.05, 0) is 69.7 Å². The van der Waals surface area contributed by atoms with Crippen LogP contribution in [0.1, 0.15) is 78.1 Å². The number of rotatable bonds is 22. The lowest BCUT2D eigenvalue weighted by molar-refractivity contribution is -0.137. The van der Waals surface area contributed by atoms with Gasteiger partial charge in [0.05, 0.1) is 23.2 Å². The molecule has 324 valence electrons. The number of ether oxygens (including phenoxy) is 2. The third-order valence-corrected chi connectivity index (χ3v) is 9.12. The molecular formula is C41H55N9O10. The number of carbonyl (C=O) groups excluding carboxylic acids is 5. The van der Waals surface area contributed by atoms with Gasteiger partial charge in [0.2, 0.25) is 17.7 Å². The van der Waals surface area contributed by atoms with Crippen molar-refractivity contribution in [3.63, 3.8) is 0 Å². The van der Waals surface area contributed by atoms with Crippen molar-refractivity contribution in [2.24, 2.45) is 11.7 Å². The van der Waals surface area contributed by atoms with Gasteiger partial charge in [0.1, 0.15) is 36.6 Å². The Kier molecular flexibility index (Phi) is 16.7. The first kappa shape index (κ1) is 46.4. The molecule has 0 spiro atoms. The Morgan fingerprint density at radius 3 is 2.27 bits per heavy atom. The van der Waals surface area contributed by atoms with E-state index in [1.54, 1.807) is 52.0 Å². The maximum absolute atomic E-state index is 13.5. The summed E-state index contributed by atoms with van der Waals surface area (Å²) < 4.78 is 13.1. The lowest BCUT2D eigenvalue weighted by atomic mass is 10.0. The molecule has 2 heterocycles. The first-order valence-electron chi connectivity index (χ1n) is 19.7. The average Bonchev–Trinajstić information content (AvgIpc) is 3.53. The number of aliphatic hydroxyl groups is 1. The highest BCUT2D eigenvalue weighted by Gasteiger charge is 2.29. The molecular weight excluding hydrogens is 779 g/mol. The van der Waals surface area contributed by atoms with Gasteiger partial charge < -0.3 is 51.3 Å². The molecule has 0 fully saturated rings. The second kappa shape index (κ2) is 21.6. The second-order valence-electron chi connectivity index (χ2n) is 15.2. The van der Waals surface area contributed by atoms with Crippen LogP contribution in [0.2, 0.25) is 0 Å². The van der Waals surface area contributed by atoms with Crippen LogP contribution < -0.4 is 32.3 Å². The molecule has 0 aliphatic carbocycles. The Hall–Kier alpha value is -6.34. The fourth-order valence-corrected chi connectivity index (χ4v) is 6.25. The number of benzene rings is 2. The number of nitrogens with two attached hydrogens (primary N) is 1. The lowest BCUT2D eigenvalue weighted by Gasteiger charge is -2.25. The number of aliphatic carboxylic acids is 1. The maximum atomic E-state index is 13.5. The van der Waals surface area contributed by atoms with E-state index in [9.17, 15) is 33.9 Å². The highest BCUT2D eigenvalue weighted by molar-refractivity contribution is 6.09. The average molecular weight is 834 g/mol. The van der Waals surface area contributed by atoms with E-state index in [1.807, 2.05) is 35.8 Å². The van der Waals surface area contributed by atoms with Gasteiger partial charge in [0.15, 0.2) is 5.82 Å². The number of para-hydroxylation sites is 1. The number of amides is 6. The molecule has 4 aromatic rings. The van der Waals surface area contributed by atoms with Gasteiger partial charge in [-0.3, -0.25) is 24.5 Å². The predicted octanol–water partition coefficient (Wildman–Crippen LogP) is 3.91. The number of carbonyl (C=O) groups is 6. The number of anilines is 2. The number of hydrogen-bond acceptors (Lipinski definition) is 11. The molecule has 0 bridgehead atoms. The molecule has 6 amide bonds. The number of carboxylic acids is 1. The van der Waals surface area contributed by atoms with Gasteiger partial charge >= 0.3 is 18.1 Å². The van der Waals surface area contributed by atoms with Crippen LogP contribution in [0.25, 0.3) is 21.9 Å². The van der Waals surface area contributed by atoms with Gasteiger partial charge in [-0.25, -0.2) is 19.6 Å². The molecule has 60 heavy (non-hydrogen) atoms. The largest absolute Gasteiger partial charge is 0.481 e. The van der Waals surface area contributed by atoms with Crippen LogP contribution in [-0.2, 0) is 48.4 Å². The van der Waals surface area contributed by atoms with E-state index in [0.717, 1.165) is 5.39 Å². The molecule has 0 saturated carbocycles. The molecule has 19 heteroatoms. The molecule has 0 unspecified atom stereocenters. The molecule has 0 saturated heterocycles. The molecule has 2 aromatic carbocycles. The summed E-state index contributed by atoms with van der Waals surface area (Å²) in [6.07, 6.45) is -0.576. The smallest absolute Gasteiger partial charge is 0.413 e. The number of carboxylic acid groups (broad SMARTS) is 1. The zero-order valence-corrected chi connectivity index (χ0v) is 34.5. The van der Waals surface area contributed by atoms with Crippen LogP contribution in [0.4, 0.5) is 21.1 Å². The molecule has 2 atom stereocenters. The SMILES string of the molecule is CCOCc1nc2c(NC(=O)OCc3ccc(NC(=O)[C@H](CCCNC(N)=O)NC(=O)[C@@H](NC(=O)CCCC(=O)O)C(C)C)cc3)nc3ccccc3c2n1CC(C)(C)O. The van der Waals surface area contributed by atoms with Crippen molar-refractivity contribution in [3.05, 3.63) is 59.9 Å². The summed E-state index contributed by atoms with van der Waals surface area (Å²) in [4.78, 5) is 83.9. The molecule has 2 aromatic heterocycles.